The van der Waals surface area contributed by atoms with Crippen molar-refractivity contribution in [2.45, 2.75) is 104 Å². The van der Waals surface area contributed by atoms with Gasteiger partial charge in [-0.2, -0.15) is 0 Å². The molecule has 0 aromatic heterocycles. The third kappa shape index (κ3) is 23.1. The molecule has 2 saturated carbocycles. The Morgan fingerprint density at radius 1 is 0.625 bits per heavy atom. The number of rotatable bonds is 6. The minimum atomic E-state index is -1.83. The molecule has 10 heteroatoms. The molecule has 0 radical (unpaired) electrons. The summed E-state index contributed by atoms with van der Waals surface area (Å²) in [7, 11) is 0. The molecule has 0 aliphatic heterocycles. The summed E-state index contributed by atoms with van der Waals surface area (Å²) >= 11 is 0. The van der Waals surface area contributed by atoms with Crippen LogP contribution in [0.4, 0.5) is 9.59 Å². The fraction of sp³-hybridized carbons (Fsp3) is 0.909. The standard InChI is InChI=1S/2C10H20O2.2CH2O3/c2*1-8(2)7-9-3-5-10(12-11)6-4-9;2*2-1(3)4/h2*8-11H,3-7H2,1-2H3;2*(H2,2,3,4). The molecular formula is C22H44O10. The molecule has 0 amide bonds. The summed E-state index contributed by atoms with van der Waals surface area (Å²) in [6, 6.07) is 0. The first kappa shape index (κ1) is 32.6. The van der Waals surface area contributed by atoms with E-state index in [9.17, 15) is 0 Å². The van der Waals surface area contributed by atoms with E-state index in [4.69, 9.17) is 40.5 Å². The molecule has 0 unspecified atom stereocenters. The van der Waals surface area contributed by atoms with Crippen LogP contribution in [-0.2, 0) is 9.78 Å². The Labute approximate surface area is 191 Å². The van der Waals surface area contributed by atoms with Crippen LogP contribution in [0.3, 0.4) is 0 Å². The van der Waals surface area contributed by atoms with Gasteiger partial charge >= 0.3 is 12.3 Å². The lowest BCUT2D eigenvalue weighted by molar-refractivity contribution is -0.285. The van der Waals surface area contributed by atoms with Crippen molar-refractivity contribution in [3.8, 4) is 0 Å². The summed E-state index contributed by atoms with van der Waals surface area (Å²) in [5.74, 6) is 3.36. The quantitative estimate of drug-likeness (QED) is 0.184. The van der Waals surface area contributed by atoms with Crippen molar-refractivity contribution in [1.82, 2.24) is 0 Å². The normalized spacial score (nSPS) is 24.8. The van der Waals surface area contributed by atoms with E-state index in [2.05, 4.69) is 37.5 Å². The zero-order chi connectivity index (χ0) is 25.1. The number of hydrogen-bond donors (Lipinski definition) is 6. The van der Waals surface area contributed by atoms with E-state index in [1.807, 2.05) is 0 Å². The van der Waals surface area contributed by atoms with E-state index in [-0.39, 0.29) is 12.2 Å². The van der Waals surface area contributed by atoms with E-state index >= 15 is 0 Å². The van der Waals surface area contributed by atoms with Crippen LogP contribution in [0.25, 0.3) is 0 Å². The molecule has 0 saturated heterocycles. The Bertz CT molecular complexity index is 404. The molecule has 2 rings (SSSR count). The Kier molecular flexibility index (Phi) is 20.4. The first-order chi connectivity index (χ1) is 14.9. The molecule has 10 nitrogen and oxygen atoms in total. The maximum atomic E-state index is 8.56. The molecule has 2 aliphatic rings. The third-order valence-corrected chi connectivity index (χ3v) is 5.50. The van der Waals surface area contributed by atoms with Crippen LogP contribution in [0.1, 0.15) is 91.9 Å². The van der Waals surface area contributed by atoms with Crippen LogP contribution in [-0.4, -0.2) is 55.5 Å². The Hall–Kier alpha value is -1.62. The lowest BCUT2D eigenvalue weighted by Crippen LogP contribution is -2.21. The molecule has 192 valence electrons. The van der Waals surface area contributed by atoms with Gasteiger partial charge in [0.15, 0.2) is 0 Å². The van der Waals surface area contributed by atoms with Crippen LogP contribution < -0.4 is 0 Å². The van der Waals surface area contributed by atoms with Crippen molar-refractivity contribution >= 4 is 12.3 Å². The van der Waals surface area contributed by atoms with Crippen LogP contribution in [0, 0.1) is 23.7 Å². The van der Waals surface area contributed by atoms with Crippen LogP contribution >= 0.6 is 0 Å². The molecule has 0 aromatic rings. The van der Waals surface area contributed by atoms with Crippen molar-refractivity contribution in [2.75, 3.05) is 0 Å². The zero-order valence-corrected chi connectivity index (χ0v) is 19.9. The van der Waals surface area contributed by atoms with Gasteiger partial charge in [0.1, 0.15) is 0 Å². The van der Waals surface area contributed by atoms with Crippen LogP contribution in [0.15, 0.2) is 0 Å². The average molecular weight is 469 g/mol. The van der Waals surface area contributed by atoms with Crippen molar-refractivity contribution in [3.05, 3.63) is 0 Å². The minimum absolute atomic E-state index is 0.119. The fourth-order valence-electron chi connectivity index (χ4n) is 4.28. The maximum absolute atomic E-state index is 8.56. The number of hydrogen-bond acceptors (Lipinski definition) is 6. The van der Waals surface area contributed by atoms with E-state index in [0.717, 1.165) is 49.4 Å². The monoisotopic (exact) mass is 468 g/mol. The highest BCUT2D eigenvalue weighted by molar-refractivity contribution is 5.53. The van der Waals surface area contributed by atoms with Gasteiger partial charge in [-0.25, -0.2) is 19.4 Å². The molecule has 32 heavy (non-hydrogen) atoms. The summed E-state index contributed by atoms with van der Waals surface area (Å²) in [6.07, 6.45) is 8.28. The summed E-state index contributed by atoms with van der Waals surface area (Å²) in [5, 5.41) is 44.8. The van der Waals surface area contributed by atoms with Gasteiger partial charge in [0.25, 0.3) is 0 Å². The average Bonchev–Trinajstić information content (AvgIpc) is 2.68. The predicted molar refractivity (Wildman–Crippen MR) is 119 cm³/mol. The molecular weight excluding hydrogens is 424 g/mol. The molecule has 6 N–H and O–H groups in total. The number of carbonyl (C=O) groups is 2. The minimum Gasteiger partial charge on any atom is -0.450 e. The van der Waals surface area contributed by atoms with Crippen molar-refractivity contribution < 1.29 is 50.3 Å². The highest BCUT2D eigenvalue weighted by Gasteiger charge is 2.22. The third-order valence-electron chi connectivity index (χ3n) is 5.50. The zero-order valence-electron chi connectivity index (χ0n) is 19.9. The van der Waals surface area contributed by atoms with Gasteiger partial charge in [-0.05, 0) is 87.9 Å². The van der Waals surface area contributed by atoms with Gasteiger partial charge in [-0.15, -0.1) is 0 Å². The van der Waals surface area contributed by atoms with Crippen molar-refractivity contribution in [2.24, 2.45) is 23.7 Å². The summed E-state index contributed by atoms with van der Waals surface area (Å²) in [5.41, 5.74) is 0. The molecule has 0 aromatic carbocycles. The molecule has 0 atom stereocenters. The second kappa shape index (κ2) is 20.0. The molecule has 2 fully saturated rings. The SMILES string of the molecule is CC(C)CC1CCC(OO)CC1.CC(C)CC1CCC(OO)CC1.O=C(O)O.O=C(O)O. The van der Waals surface area contributed by atoms with Gasteiger partial charge < -0.3 is 20.4 Å². The van der Waals surface area contributed by atoms with Gasteiger partial charge in [-0.3, -0.25) is 10.5 Å². The number of carboxylic acid groups (broad SMARTS) is 4. The largest absolute Gasteiger partial charge is 0.503 e. The van der Waals surface area contributed by atoms with E-state index in [1.165, 1.54) is 38.5 Å². The maximum Gasteiger partial charge on any atom is 0.503 e. The van der Waals surface area contributed by atoms with E-state index in [0.29, 0.717) is 0 Å². The van der Waals surface area contributed by atoms with Gasteiger partial charge in [-0.1, -0.05) is 27.7 Å². The fourth-order valence-corrected chi connectivity index (χ4v) is 4.28. The molecule has 2 aliphatic carbocycles. The lowest BCUT2D eigenvalue weighted by Gasteiger charge is -2.27. The summed E-state index contributed by atoms with van der Waals surface area (Å²) < 4.78 is 0. The van der Waals surface area contributed by atoms with E-state index in [1.54, 1.807) is 0 Å². The van der Waals surface area contributed by atoms with Crippen molar-refractivity contribution in [3.63, 3.8) is 0 Å². The lowest BCUT2D eigenvalue weighted by atomic mass is 9.82. The highest BCUT2D eigenvalue weighted by atomic mass is 17.1. The van der Waals surface area contributed by atoms with Crippen molar-refractivity contribution in [1.29, 1.82) is 0 Å². The first-order valence-electron chi connectivity index (χ1n) is 11.3. The second-order valence-electron chi connectivity index (χ2n) is 9.32. The highest BCUT2D eigenvalue weighted by Crippen LogP contribution is 2.31. The van der Waals surface area contributed by atoms with Gasteiger partial charge in [0, 0.05) is 0 Å². The molecule has 0 spiro atoms. The summed E-state index contributed by atoms with van der Waals surface area (Å²) in [4.78, 5) is 25.8. The topological polar surface area (TPSA) is 174 Å². The van der Waals surface area contributed by atoms with Crippen LogP contribution in [0.2, 0.25) is 0 Å². The Morgan fingerprint density at radius 2 is 0.844 bits per heavy atom. The van der Waals surface area contributed by atoms with Gasteiger partial charge in [0.05, 0.1) is 12.2 Å². The van der Waals surface area contributed by atoms with Gasteiger partial charge in [0.2, 0.25) is 0 Å². The second-order valence-corrected chi connectivity index (χ2v) is 9.32. The summed E-state index contributed by atoms with van der Waals surface area (Å²) in [6.45, 7) is 9.09. The first-order valence-corrected chi connectivity index (χ1v) is 11.3. The smallest absolute Gasteiger partial charge is 0.450 e. The Balaban J connectivity index is 0. The predicted octanol–water partition coefficient (Wildman–Crippen LogP) is 6.61. The van der Waals surface area contributed by atoms with Crippen LogP contribution in [0.5, 0.6) is 0 Å². The molecule has 0 heterocycles. The van der Waals surface area contributed by atoms with E-state index < -0.39 is 12.3 Å². The molecule has 0 bridgehead atoms. The Morgan fingerprint density at radius 3 is 1.00 bits per heavy atom.